The maximum Gasteiger partial charge on any atom is 0.390 e. The number of halogens is 3. The van der Waals surface area contributed by atoms with Crippen LogP contribution in [-0.4, -0.2) is 66.0 Å². The minimum absolute atomic E-state index is 0.0669. The zero-order chi connectivity index (χ0) is 20.4. The average Bonchev–Trinajstić information content (AvgIpc) is 3.20. The van der Waals surface area contributed by atoms with Gasteiger partial charge in [0.25, 0.3) is 0 Å². The second-order valence-corrected chi connectivity index (χ2v) is 8.70. The van der Waals surface area contributed by atoms with Crippen LogP contribution in [0.4, 0.5) is 13.2 Å². The summed E-state index contributed by atoms with van der Waals surface area (Å²) in [6.45, 7) is 2.45. The van der Waals surface area contributed by atoms with Crippen molar-refractivity contribution in [2.75, 3.05) is 32.8 Å². The Balaban J connectivity index is 1.49. The van der Waals surface area contributed by atoms with E-state index >= 15 is 0 Å². The first-order chi connectivity index (χ1) is 14.0. The molecule has 3 aliphatic rings. The number of aliphatic hydroxyl groups is 1. The van der Waals surface area contributed by atoms with E-state index in [0.717, 1.165) is 38.8 Å². The van der Waals surface area contributed by atoms with Crippen molar-refractivity contribution in [3.05, 3.63) is 41.5 Å². The highest BCUT2D eigenvalue weighted by Gasteiger charge is 2.49. The summed E-state index contributed by atoms with van der Waals surface area (Å²) >= 11 is 0. The van der Waals surface area contributed by atoms with E-state index in [-0.39, 0.29) is 31.2 Å². The molecule has 1 aliphatic carbocycles. The molecule has 0 aromatic heterocycles. The lowest BCUT2D eigenvalue weighted by atomic mass is 9.74. The van der Waals surface area contributed by atoms with Crippen molar-refractivity contribution in [3.63, 3.8) is 0 Å². The van der Waals surface area contributed by atoms with Crippen LogP contribution < -0.4 is 0 Å². The molecule has 2 heterocycles. The van der Waals surface area contributed by atoms with E-state index in [1.807, 2.05) is 4.90 Å². The van der Waals surface area contributed by atoms with Crippen molar-refractivity contribution in [2.24, 2.45) is 0 Å². The van der Waals surface area contributed by atoms with Crippen LogP contribution in [0.15, 0.2) is 30.3 Å². The summed E-state index contributed by atoms with van der Waals surface area (Å²) in [6, 6.07) is 8.92. The highest BCUT2D eigenvalue weighted by molar-refractivity contribution is 5.67. The van der Waals surface area contributed by atoms with Gasteiger partial charge in [-0.15, -0.1) is 0 Å². The van der Waals surface area contributed by atoms with Crippen molar-refractivity contribution in [3.8, 4) is 0 Å². The Bertz CT molecular complexity index is 716. The van der Waals surface area contributed by atoms with Crippen LogP contribution in [0, 0.1) is 0 Å². The quantitative estimate of drug-likeness (QED) is 0.781. The fourth-order valence-electron chi connectivity index (χ4n) is 5.35. The lowest BCUT2D eigenvalue weighted by Crippen LogP contribution is -2.67. The summed E-state index contributed by atoms with van der Waals surface area (Å²) in [4.78, 5) is 4.29. The zero-order valence-corrected chi connectivity index (χ0v) is 16.9. The fraction of sp³-hybridized carbons (Fsp3) is 0.652. The molecule has 0 amide bonds. The summed E-state index contributed by atoms with van der Waals surface area (Å²) in [6.07, 6.45) is 2.82. The third-order valence-corrected chi connectivity index (χ3v) is 6.87. The van der Waals surface area contributed by atoms with Crippen LogP contribution in [0.3, 0.4) is 0 Å². The fourth-order valence-corrected chi connectivity index (χ4v) is 5.35. The zero-order valence-electron chi connectivity index (χ0n) is 16.9. The topological polar surface area (TPSA) is 26.7 Å². The summed E-state index contributed by atoms with van der Waals surface area (Å²) < 4.78 is 38.2. The molecule has 6 heteroatoms. The smallest absolute Gasteiger partial charge is 0.390 e. The molecule has 4 rings (SSSR count). The normalized spacial score (nSPS) is 29.0. The molecule has 29 heavy (non-hydrogen) atoms. The number of fused-ring (bicyclic) bond motifs is 1. The van der Waals surface area contributed by atoms with E-state index in [9.17, 15) is 18.3 Å². The molecule has 3 nitrogen and oxygen atoms in total. The van der Waals surface area contributed by atoms with E-state index in [1.165, 1.54) is 23.1 Å². The largest absolute Gasteiger partial charge is 0.395 e. The van der Waals surface area contributed by atoms with E-state index < -0.39 is 12.6 Å². The third kappa shape index (κ3) is 4.70. The van der Waals surface area contributed by atoms with E-state index in [4.69, 9.17) is 0 Å². The lowest BCUT2D eigenvalue weighted by Gasteiger charge is -2.57. The number of rotatable bonds is 5. The number of alkyl halides is 3. The molecule has 0 unspecified atom stereocenters. The molecule has 3 atom stereocenters. The predicted molar refractivity (Wildman–Crippen MR) is 109 cm³/mol. The van der Waals surface area contributed by atoms with Crippen molar-refractivity contribution in [1.29, 1.82) is 0 Å². The van der Waals surface area contributed by atoms with Gasteiger partial charge in [0.1, 0.15) is 0 Å². The molecule has 0 bridgehead atoms. The van der Waals surface area contributed by atoms with Gasteiger partial charge in [-0.05, 0) is 61.9 Å². The van der Waals surface area contributed by atoms with Crippen LogP contribution >= 0.6 is 0 Å². The Labute approximate surface area is 171 Å². The third-order valence-electron chi connectivity index (χ3n) is 6.87. The monoisotopic (exact) mass is 408 g/mol. The number of allylic oxidation sites excluding steroid dienone is 2. The molecular weight excluding hydrogens is 377 g/mol. The van der Waals surface area contributed by atoms with Crippen molar-refractivity contribution < 1.29 is 18.3 Å². The Morgan fingerprint density at radius 3 is 2.45 bits per heavy atom. The number of aliphatic hydroxyl groups excluding tert-OH is 1. The highest BCUT2D eigenvalue weighted by atomic mass is 19.4. The van der Waals surface area contributed by atoms with Gasteiger partial charge in [-0.3, -0.25) is 4.90 Å². The minimum Gasteiger partial charge on any atom is -0.395 e. The molecule has 2 fully saturated rings. The molecule has 2 saturated heterocycles. The van der Waals surface area contributed by atoms with Gasteiger partial charge in [0, 0.05) is 31.1 Å². The first-order valence-corrected chi connectivity index (χ1v) is 10.9. The summed E-state index contributed by atoms with van der Waals surface area (Å²) in [7, 11) is 0. The van der Waals surface area contributed by atoms with Crippen molar-refractivity contribution in [2.45, 2.75) is 62.7 Å². The number of nitrogens with zero attached hydrogens (tertiary/aromatic N) is 2. The second kappa shape index (κ2) is 8.78. The molecule has 0 spiro atoms. The standard InChI is InChI=1S/C23H31F3N2O/c24-23(25,26)11-14-27-12-3-4-13-28-20(15-27)22(21(28)16-29)19-9-7-18(8-10-19)17-5-1-2-6-17/h5,7-10,20-22,29H,1-4,6,11-16H2/t20-,21-,22-/m1/s1. The number of hydrogen-bond donors (Lipinski definition) is 1. The van der Waals surface area contributed by atoms with Crippen LogP contribution in [0.2, 0.25) is 0 Å². The second-order valence-electron chi connectivity index (χ2n) is 8.70. The summed E-state index contributed by atoms with van der Waals surface area (Å²) in [5.74, 6) is 0.179. The molecule has 2 aliphatic heterocycles. The van der Waals surface area contributed by atoms with Gasteiger partial charge in [0.05, 0.1) is 13.0 Å². The Morgan fingerprint density at radius 2 is 1.79 bits per heavy atom. The van der Waals surface area contributed by atoms with E-state index in [0.29, 0.717) is 6.54 Å². The lowest BCUT2D eigenvalue weighted by molar-refractivity contribution is -0.140. The Hall–Kier alpha value is -1.37. The van der Waals surface area contributed by atoms with Crippen molar-refractivity contribution in [1.82, 2.24) is 9.80 Å². The first-order valence-electron chi connectivity index (χ1n) is 10.9. The van der Waals surface area contributed by atoms with E-state index in [2.05, 4.69) is 35.2 Å². The van der Waals surface area contributed by atoms with Gasteiger partial charge < -0.3 is 10.0 Å². The van der Waals surface area contributed by atoms with Gasteiger partial charge in [0.15, 0.2) is 0 Å². The summed E-state index contributed by atoms with van der Waals surface area (Å²) in [5.41, 5.74) is 3.88. The van der Waals surface area contributed by atoms with Crippen molar-refractivity contribution >= 4 is 5.57 Å². The van der Waals surface area contributed by atoms with Gasteiger partial charge in [-0.1, -0.05) is 30.3 Å². The van der Waals surface area contributed by atoms with Crippen LogP contribution in [0.1, 0.15) is 55.6 Å². The molecule has 0 saturated carbocycles. The minimum atomic E-state index is -4.11. The van der Waals surface area contributed by atoms with E-state index in [1.54, 1.807) is 0 Å². The van der Waals surface area contributed by atoms with Gasteiger partial charge >= 0.3 is 6.18 Å². The van der Waals surface area contributed by atoms with Crippen LogP contribution in [-0.2, 0) is 0 Å². The number of hydrogen-bond acceptors (Lipinski definition) is 3. The molecule has 0 radical (unpaired) electrons. The summed E-state index contributed by atoms with van der Waals surface area (Å²) in [5, 5.41) is 10.0. The molecule has 1 aromatic carbocycles. The molecule has 160 valence electrons. The van der Waals surface area contributed by atoms with Gasteiger partial charge in [0.2, 0.25) is 0 Å². The predicted octanol–water partition coefficient (Wildman–Crippen LogP) is 4.43. The Morgan fingerprint density at radius 1 is 1.03 bits per heavy atom. The van der Waals surface area contributed by atoms with Gasteiger partial charge in [-0.2, -0.15) is 13.2 Å². The maximum atomic E-state index is 12.7. The first kappa shape index (κ1) is 20.9. The van der Waals surface area contributed by atoms with Crippen LogP contribution in [0.5, 0.6) is 0 Å². The highest BCUT2D eigenvalue weighted by Crippen LogP contribution is 2.42. The van der Waals surface area contributed by atoms with Crippen LogP contribution in [0.25, 0.3) is 5.57 Å². The molecule has 1 N–H and O–H groups in total. The average molecular weight is 409 g/mol. The molecule has 1 aromatic rings. The van der Waals surface area contributed by atoms with Gasteiger partial charge in [-0.25, -0.2) is 0 Å². The number of benzene rings is 1. The SMILES string of the molecule is OC[C@@H]1[C@H](c2ccc(C3=CCCC3)cc2)[C@H]2CN(CCC(F)(F)F)CCCCN12. The maximum absolute atomic E-state index is 12.7. The molecular formula is C23H31F3N2O. The Kier molecular flexibility index (Phi) is 6.32.